The van der Waals surface area contributed by atoms with Gasteiger partial charge in [-0.25, -0.2) is 0 Å². The number of hydrogen-bond donors (Lipinski definition) is 1. The van der Waals surface area contributed by atoms with Crippen LogP contribution in [0, 0.1) is 12.8 Å². The summed E-state index contributed by atoms with van der Waals surface area (Å²) in [5, 5.41) is 3.75. The number of rotatable bonds is 9. The van der Waals surface area contributed by atoms with Crippen molar-refractivity contribution in [3.8, 4) is 0 Å². The third-order valence-corrected chi connectivity index (χ3v) is 3.92. The number of nitrogens with one attached hydrogen (secondary N) is 1. The summed E-state index contributed by atoms with van der Waals surface area (Å²) >= 11 is 0. The van der Waals surface area contributed by atoms with E-state index in [2.05, 4.69) is 36.5 Å². The predicted octanol–water partition coefficient (Wildman–Crippen LogP) is 3.85. The molecule has 2 rings (SSSR count). The summed E-state index contributed by atoms with van der Waals surface area (Å²) in [7, 11) is 1.78. The highest BCUT2D eigenvalue weighted by Gasteiger charge is 2.31. The van der Waals surface area contributed by atoms with Crippen molar-refractivity contribution in [2.24, 2.45) is 5.92 Å². The Morgan fingerprint density at radius 1 is 1.16 bits per heavy atom. The van der Waals surface area contributed by atoms with Crippen LogP contribution in [0.1, 0.15) is 49.3 Å². The minimum Gasteiger partial charge on any atom is -0.385 e. The average Bonchev–Trinajstić information content (AvgIpc) is 3.24. The first-order valence-corrected chi connectivity index (χ1v) is 7.60. The third-order valence-electron chi connectivity index (χ3n) is 3.92. The molecule has 0 amide bonds. The van der Waals surface area contributed by atoms with E-state index < -0.39 is 0 Å². The van der Waals surface area contributed by atoms with Gasteiger partial charge in [0.1, 0.15) is 0 Å². The molecule has 2 nitrogen and oxygen atoms in total. The molecule has 1 atom stereocenters. The summed E-state index contributed by atoms with van der Waals surface area (Å²) in [4.78, 5) is 0. The average molecular weight is 261 g/mol. The van der Waals surface area contributed by atoms with Crippen molar-refractivity contribution in [3.63, 3.8) is 0 Å². The fourth-order valence-corrected chi connectivity index (χ4v) is 2.57. The Kier molecular flexibility index (Phi) is 5.87. The number of ether oxygens (including phenoxy) is 1. The highest BCUT2D eigenvalue weighted by atomic mass is 16.5. The standard InChI is InChI=1S/C17H27NO/c1-14-6-8-15(9-7-14)17(16-10-11-16)18-12-4-3-5-13-19-2/h6-9,16-18H,3-5,10-13H2,1-2H3. The zero-order chi connectivity index (χ0) is 13.5. The Hall–Kier alpha value is -0.860. The second kappa shape index (κ2) is 7.66. The van der Waals surface area contributed by atoms with E-state index in [0.717, 1.165) is 19.1 Å². The SMILES string of the molecule is COCCCCCNC(c1ccc(C)cc1)C1CC1. The van der Waals surface area contributed by atoms with Gasteiger partial charge in [-0.15, -0.1) is 0 Å². The topological polar surface area (TPSA) is 21.3 Å². The largest absolute Gasteiger partial charge is 0.385 e. The van der Waals surface area contributed by atoms with Gasteiger partial charge in [0, 0.05) is 19.8 Å². The number of methoxy groups -OCH3 is 1. The van der Waals surface area contributed by atoms with Crippen LogP contribution in [0.5, 0.6) is 0 Å². The highest BCUT2D eigenvalue weighted by molar-refractivity contribution is 5.25. The van der Waals surface area contributed by atoms with Crippen molar-refractivity contribution in [1.29, 1.82) is 0 Å². The quantitative estimate of drug-likeness (QED) is 0.682. The molecule has 1 aromatic carbocycles. The van der Waals surface area contributed by atoms with Crippen LogP contribution < -0.4 is 5.32 Å². The normalized spacial score (nSPS) is 16.5. The van der Waals surface area contributed by atoms with Crippen molar-refractivity contribution < 1.29 is 4.74 Å². The Labute approximate surface area is 117 Å². The van der Waals surface area contributed by atoms with Gasteiger partial charge in [0.05, 0.1) is 0 Å². The molecule has 1 saturated carbocycles. The fraction of sp³-hybridized carbons (Fsp3) is 0.647. The molecule has 19 heavy (non-hydrogen) atoms. The molecule has 1 unspecified atom stereocenters. The van der Waals surface area contributed by atoms with Crippen molar-refractivity contribution in [3.05, 3.63) is 35.4 Å². The number of benzene rings is 1. The van der Waals surface area contributed by atoms with E-state index in [9.17, 15) is 0 Å². The van der Waals surface area contributed by atoms with Crippen molar-refractivity contribution in [1.82, 2.24) is 5.32 Å². The lowest BCUT2D eigenvalue weighted by Crippen LogP contribution is -2.24. The molecule has 0 bridgehead atoms. The zero-order valence-corrected chi connectivity index (χ0v) is 12.3. The Morgan fingerprint density at radius 3 is 2.53 bits per heavy atom. The van der Waals surface area contributed by atoms with E-state index >= 15 is 0 Å². The molecule has 0 spiro atoms. The molecular weight excluding hydrogens is 234 g/mol. The molecule has 0 saturated heterocycles. The van der Waals surface area contributed by atoms with E-state index in [4.69, 9.17) is 4.74 Å². The van der Waals surface area contributed by atoms with Gasteiger partial charge in [-0.1, -0.05) is 29.8 Å². The molecule has 1 N–H and O–H groups in total. The summed E-state index contributed by atoms with van der Waals surface area (Å²) in [6.45, 7) is 4.17. The van der Waals surface area contributed by atoms with Crippen molar-refractivity contribution in [2.75, 3.05) is 20.3 Å². The van der Waals surface area contributed by atoms with Crippen LogP contribution in [0.4, 0.5) is 0 Å². The van der Waals surface area contributed by atoms with Crippen LogP contribution in [0.3, 0.4) is 0 Å². The maximum Gasteiger partial charge on any atom is 0.0462 e. The second-order valence-electron chi connectivity index (χ2n) is 5.73. The molecule has 0 aromatic heterocycles. The minimum absolute atomic E-state index is 0.572. The summed E-state index contributed by atoms with van der Waals surface area (Å²) in [5.74, 6) is 0.863. The summed E-state index contributed by atoms with van der Waals surface area (Å²) in [6.07, 6.45) is 6.45. The highest BCUT2D eigenvalue weighted by Crippen LogP contribution is 2.40. The van der Waals surface area contributed by atoms with E-state index in [0.29, 0.717) is 6.04 Å². The minimum atomic E-state index is 0.572. The first-order chi connectivity index (χ1) is 9.31. The Morgan fingerprint density at radius 2 is 1.89 bits per heavy atom. The Bertz CT molecular complexity index is 356. The van der Waals surface area contributed by atoms with Crippen LogP contribution in [0.15, 0.2) is 24.3 Å². The number of unbranched alkanes of at least 4 members (excludes halogenated alkanes) is 2. The van der Waals surface area contributed by atoms with Gasteiger partial charge in [-0.3, -0.25) is 0 Å². The van der Waals surface area contributed by atoms with Crippen molar-refractivity contribution >= 4 is 0 Å². The molecule has 2 heteroatoms. The van der Waals surface area contributed by atoms with Gasteiger partial charge < -0.3 is 10.1 Å². The van der Waals surface area contributed by atoms with Crippen LogP contribution in [0.25, 0.3) is 0 Å². The first-order valence-electron chi connectivity index (χ1n) is 7.60. The summed E-state index contributed by atoms with van der Waals surface area (Å²) in [5.41, 5.74) is 2.81. The second-order valence-corrected chi connectivity index (χ2v) is 5.73. The van der Waals surface area contributed by atoms with Crippen LogP contribution in [-0.2, 0) is 4.74 Å². The first kappa shape index (κ1) is 14.5. The van der Waals surface area contributed by atoms with Gasteiger partial charge in [0.15, 0.2) is 0 Å². The molecule has 1 aromatic rings. The van der Waals surface area contributed by atoms with E-state index in [1.807, 2.05) is 0 Å². The lowest BCUT2D eigenvalue weighted by Gasteiger charge is -2.19. The van der Waals surface area contributed by atoms with Crippen molar-refractivity contribution in [2.45, 2.75) is 45.1 Å². The molecule has 106 valence electrons. The molecular formula is C17H27NO. The maximum absolute atomic E-state index is 5.08. The predicted molar refractivity (Wildman–Crippen MR) is 80.4 cm³/mol. The Balaban J connectivity index is 1.75. The lowest BCUT2D eigenvalue weighted by atomic mass is 10.0. The van der Waals surface area contributed by atoms with E-state index in [-0.39, 0.29) is 0 Å². The molecule has 0 heterocycles. The number of aryl methyl sites for hydroxylation is 1. The lowest BCUT2D eigenvalue weighted by molar-refractivity contribution is 0.192. The maximum atomic E-state index is 5.08. The smallest absolute Gasteiger partial charge is 0.0462 e. The van der Waals surface area contributed by atoms with Gasteiger partial charge >= 0.3 is 0 Å². The summed E-state index contributed by atoms with van der Waals surface area (Å²) in [6, 6.07) is 9.60. The molecule has 1 aliphatic rings. The van der Waals surface area contributed by atoms with Gasteiger partial charge in [-0.2, -0.15) is 0 Å². The van der Waals surface area contributed by atoms with E-state index in [1.165, 1.54) is 43.2 Å². The van der Waals surface area contributed by atoms with Crippen LogP contribution in [0.2, 0.25) is 0 Å². The zero-order valence-electron chi connectivity index (χ0n) is 12.3. The fourth-order valence-electron chi connectivity index (χ4n) is 2.57. The van der Waals surface area contributed by atoms with Crippen LogP contribution >= 0.6 is 0 Å². The van der Waals surface area contributed by atoms with Gasteiger partial charge in [-0.05, 0) is 57.1 Å². The molecule has 1 aliphatic carbocycles. The summed E-state index contributed by atoms with van der Waals surface area (Å²) < 4.78 is 5.08. The van der Waals surface area contributed by atoms with Gasteiger partial charge in [0.2, 0.25) is 0 Å². The van der Waals surface area contributed by atoms with Crippen LogP contribution in [-0.4, -0.2) is 20.3 Å². The van der Waals surface area contributed by atoms with E-state index in [1.54, 1.807) is 7.11 Å². The molecule has 1 fully saturated rings. The monoisotopic (exact) mass is 261 g/mol. The third kappa shape index (κ3) is 4.96. The number of hydrogen-bond acceptors (Lipinski definition) is 2. The molecule has 0 aliphatic heterocycles. The van der Waals surface area contributed by atoms with Gasteiger partial charge in [0.25, 0.3) is 0 Å². The molecule has 0 radical (unpaired) electrons.